The summed E-state index contributed by atoms with van der Waals surface area (Å²) in [5.41, 5.74) is 0.0694. The molecule has 0 spiro atoms. The Bertz CT molecular complexity index is 992. The van der Waals surface area contributed by atoms with E-state index in [4.69, 9.17) is 4.74 Å². The Morgan fingerprint density at radius 3 is 2.27 bits per heavy atom. The number of carbonyl (C=O) groups is 2. The van der Waals surface area contributed by atoms with Gasteiger partial charge in [0.1, 0.15) is 5.78 Å². The van der Waals surface area contributed by atoms with E-state index in [2.05, 4.69) is 19.2 Å². The number of aliphatic hydroxyl groups excluding tert-OH is 1. The highest BCUT2D eigenvalue weighted by Crippen LogP contribution is 2.66. The Morgan fingerprint density at radius 2 is 1.58 bits per heavy atom. The van der Waals surface area contributed by atoms with E-state index >= 15 is 0 Å². The van der Waals surface area contributed by atoms with Crippen molar-refractivity contribution in [1.29, 1.82) is 0 Å². The number of fused-ring (bicyclic) bond motifs is 5. The van der Waals surface area contributed by atoms with Crippen molar-refractivity contribution in [2.45, 2.75) is 160 Å². The maximum atomic E-state index is 12.9. The van der Waals surface area contributed by atoms with Crippen molar-refractivity contribution in [3.8, 4) is 0 Å². The molecule has 4 aliphatic rings. The number of nitrogens with one attached hydrogen (secondary N) is 1. The first-order chi connectivity index (χ1) is 21.2. The summed E-state index contributed by atoms with van der Waals surface area (Å²) in [5, 5.41) is 13.4. The van der Waals surface area contributed by atoms with Gasteiger partial charge in [-0.3, -0.25) is 9.59 Å². The molecule has 0 aromatic rings. The third-order valence-corrected chi connectivity index (χ3v) is 12.4. The number of unbranched alkanes of at least 4 members (excludes halogenated alkanes) is 7. The van der Waals surface area contributed by atoms with Gasteiger partial charge in [-0.25, -0.2) is 0 Å². The van der Waals surface area contributed by atoms with Crippen molar-refractivity contribution in [3.05, 3.63) is 0 Å². The van der Waals surface area contributed by atoms with Crippen LogP contribution in [0, 0.1) is 34.5 Å². The fourth-order valence-corrected chi connectivity index (χ4v) is 9.72. The zero-order chi connectivity index (χ0) is 32.9. The predicted octanol–water partition coefficient (Wildman–Crippen LogP) is 8.56. The van der Waals surface area contributed by atoms with Gasteiger partial charge in [-0.05, 0) is 92.3 Å². The third kappa shape index (κ3) is 8.60. The summed E-state index contributed by atoms with van der Waals surface area (Å²) in [6.07, 6.45) is 8.37. The van der Waals surface area contributed by atoms with Crippen LogP contribution in [-0.4, -0.2) is 54.3 Å². The number of rotatable bonds is 16. The maximum absolute atomic E-state index is 12.9. The van der Waals surface area contributed by atoms with E-state index < -0.39 is 24.9 Å². The molecule has 5 nitrogen and oxygen atoms in total. The average Bonchev–Trinajstić information content (AvgIpc) is 3.27. The summed E-state index contributed by atoms with van der Waals surface area (Å²) in [6, 6.07) is 0. The number of halogens is 5. The first kappa shape index (κ1) is 36.5. The lowest BCUT2D eigenvalue weighted by molar-refractivity contribution is -0.284. The molecule has 0 aromatic carbocycles. The molecule has 260 valence electrons. The van der Waals surface area contributed by atoms with Crippen LogP contribution in [-0.2, 0) is 14.3 Å². The van der Waals surface area contributed by atoms with Crippen LogP contribution < -0.4 is 5.32 Å². The minimum atomic E-state index is -5.55. The standard InChI is InChI=1S/C35H56F5NO4/c1-32-19-17-25(42)22-24(32)13-14-26-27-15-16-29(43)33(27,2)23-28(31(26)32)45-21-10-8-6-4-3-5-7-9-12-30(44)41-20-11-18-34(36,37)35(38,39)40/h24,26-29,31,43H,3-23H2,1-2H3,(H,41,44)/t24-,26-,27-,28-,29-,31+,32-,33-/m0/s1. The van der Waals surface area contributed by atoms with Gasteiger partial charge in [0.25, 0.3) is 0 Å². The molecule has 10 heteroatoms. The Labute approximate surface area is 266 Å². The number of hydrogen-bond donors (Lipinski definition) is 2. The second kappa shape index (κ2) is 15.3. The van der Waals surface area contributed by atoms with Crippen LogP contribution in [0.25, 0.3) is 0 Å². The summed E-state index contributed by atoms with van der Waals surface area (Å²) >= 11 is 0. The molecule has 0 radical (unpaired) electrons. The van der Waals surface area contributed by atoms with E-state index in [1.807, 2.05) is 0 Å². The van der Waals surface area contributed by atoms with E-state index in [1.165, 1.54) is 0 Å². The number of aliphatic hydroxyl groups is 1. The van der Waals surface area contributed by atoms with E-state index in [0.717, 1.165) is 96.5 Å². The molecule has 4 fully saturated rings. The largest absolute Gasteiger partial charge is 0.453 e. The summed E-state index contributed by atoms with van der Waals surface area (Å²) in [7, 11) is 0. The Morgan fingerprint density at radius 1 is 0.911 bits per heavy atom. The Balaban J connectivity index is 1.09. The molecule has 4 saturated carbocycles. The molecular formula is C35H56F5NO4. The van der Waals surface area contributed by atoms with Crippen LogP contribution in [0.5, 0.6) is 0 Å². The zero-order valence-corrected chi connectivity index (χ0v) is 27.4. The number of ether oxygens (including phenoxy) is 1. The highest BCUT2D eigenvalue weighted by Gasteiger charge is 2.63. The lowest BCUT2D eigenvalue weighted by atomic mass is 9.44. The van der Waals surface area contributed by atoms with Crippen molar-refractivity contribution in [1.82, 2.24) is 5.32 Å². The smallest absolute Gasteiger partial charge is 0.393 e. The number of amides is 1. The van der Waals surface area contributed by atoms with Crippen LogP contribution in [0.4, 0.5) is 22.0 Å². The minimum absolute atomic E-state index is 0.0748. The van der Waals surface area contributed by atoms with Gasteiger partial charge in [-0.1, -0.05) is 52.4 Å². The average molecular weight is 650 g/mol. The number of hydrogen-bond acceptors (Lipinski definition) is 4. The molecule has 45 heavy (non-hydrogen) atoms. The van der Waals surface area contributed by atoms with Crippen LogP contribution >= 0.6 is 0 Å². The summed E-state index contributed by atoms with van der Waals surface area (Å²) in [5.74, 6) is -2.56. The second-order valence-corrected chi connectivity index (χ2v) is 15.3. The Kier molecular flexibility index (Phi) is 12.4. The van der Waals surface area contributed by atoms with Gasteiger partial charge < -0.3 is 15.2 Å². The second-order valence-electron chi connectivity index (χ2n) is 15.3. The quantitative estimate of drug-likeness (QED) is 0.130. The number of ketones is 1. The van der Waals surface area contributed by atoms with Crippen molar-refractivity contribution >= 4 is 11.7 Å². The highest BCUT2D eigenvalue weighted by molar-refractivity contribution is 5.79. The summed E-state index contributed by atoms with van der Waals surface area (Å²) < 4.78 is 69.1. The van der Waals surface area contributed by atoms with E-state index in [0.29, 0.717) is 42.3 Å². The molecule has 1 amide bonds. The first-order valence-electron chi connectivity index (χ1n) is 17.7. The fraction of sp³-hybridized carbons (Fsp3) is 0.943. The SMILES string of the molecule is C[C@]12CCC(=O)C[C@@H]1CC[C@@H]1[C@@H]2[C@@H](OCCCCCCCCCCC(=O)NCCCC(F)(F)C(F)(F)F)C[C@]2(C)[C@@H](O)CC[C@@H]12. The molecular weight excluding hydrogens is 593 g/mol. The van der Waals surface area contributed by atoms with E-state index in [1.54, 1.807) is 0 Å². The number of Topliss-reactive ketones (excluding diaryl/α,β-unsaturated/α-hetero) is 1. The predicted molar refractivity (Wildman–Crippen MR) is 163 cm³/mol. The van der Waals surface area contributed by atoms with Gasteiger partial charge in [0.05, 0.1) is 12.2 Å². The monoisotopic (exact) mass is 649 g/mol. The normalized spacial score (nSPS) is 35.1. The molecule has 0 heterocycles. The molecule has 8 atom stereocenters. The van der Waals surface area contributed by atoms with Gasteiger partial charge in [0.15, 0.2) is 0 Å². The summed E-state index contributed by atoms with van der Waals surface area (Å²) in [6.45, 7) is 5.27. The molecule has 0 bridgehead atoms. The van der Waals surface area contributed by atoms with Crippen molar-refractivity contribution in [2.24, 2.45) is 34.5 Å². The molecule has 4 rings (SSSR count). The first-order valence-corrected chi connectivity index (χ1v) is 17.7. The Hall–Kier alpha value is -1.29. The zero-order valence-electron chi connectivity index (χ0n) is 27.4. The van der Waals surface area contributed by atoms with Crippen LogP contribution in [0.2, 0.25) is 0 Å². The van der Waals surface area contributed by atoms with Crippen molar-refractivity contribution in [3.63, 3.8) is 0 Å². The van der Waals surface area contributed by atoms with Crippen LogP contribution in [0.15, 0.2) is 0 Å². The summed E-state index contributed by atoms with van der Waals surface area (Å²) in [4.78, 5) is 24.2. The highest BCUT2D eigenvalue weighted by atomic mass is 19.4. The molecule has 0 aliphatic heterocycles. The molecule has 0 unspecified atom stereocenters. The topological polar surface area (TPSA) is 75.6 Å². The molecule has 4 aliphatic carbocycles. The number of carbonyl (C=O) groups excluding carboxylic acids is 2. The molecule has 0 saturated heterocycles. The minimum Gasteiger partial charge on any atom is -0.393 e. The lowest BCUT2D eigenvalue weighted by Crippen LogP contribution is -2.60. The maximum Gasteiger partial charge on any atom is 0.453 e. The van der Waals surface area contributed by atoms with Gasteiger partial charge in [0.2, 0.25) is 5.91 Å². The lowest BCUT2D eigenvalue weighted by Gasteiger charge is -2.62. The van der Waals surface area contributed by atoms with Gasteiger partial charge >= 0.3 is 12.1 Å². The number of alkyl halides is 5. The van der Waals surface area contributed by atoms with Crippen molar-refractivity contribution < 1.29 is 41.4 Å². The van der Waals surface area contributed by atoms with Crippen molar-refractivity contribution in [2.75, 3.05) is 13.2 Å². The van der Waals surface area contributed by atoms with E-state index in [9.17, 15) is 36.6 Å². The fourth-order valence-electron chi connectivity index (χ4n) is 9.72. The molecule has 2 N–H and O–H groups in total. The van der Waals surface area contributed by atoms with E-state index in [-0.39, 0.29) is 41.9 Å². The van der Waals surface area contributed by atoms with Crippen LogP contribution in [0.1, 0.15) is 136 Å². The van der Waals surface area contributed by atoms with Gasteiger partial charge in [-0.2, -0.15) is 22.0 Å². The van der Waals surface area contributed by atoms with Crippen LogP contribution in [0.3, 0.4) is 0 Å². The van der Waals surface area contributed by atoms with Gasteiger partial charge in [-0.15, -0.1) is 0 Å². The third-order valence-electron chi connectivity index (χ3n) is 12.4. The molecule has 0 aromatic heterocycles. The van der Waals surface area contributed by atoms with Gasteiger partial charge in [0, 0.05) is 38.8 Å².